The largest absolute Gasteiger partial charge is 0.388 e. The third kappa shape index (κ3) is 4.61. The molecule has 21 heavy (non-hydrogen) atoms. The van der Waals surface area contributed by atoms with Crippen molar-refractivity contribution in [2.45, 2.75) is 82.3 Å². The first-order chi connectivity index (χ1) is 10.1. The maximum Gasteiger partial charge on any atom is 0.186 e. The third-order valence-corrected chi connectivity index (χ3v) is 4.32. The summed E-state index contributed by atoms with van der Waals surface area (Å²) in [5, 5.41) is 33.2. The number of hydrogen-bond donors (Lipinski definition) is 4. The van der Waals surface area contributed by atoms with Crippen molar-refractivity contribution in [1.82, 2.24) is 5.32 Å². The topological polar surface area (TPSA) is 91.2 Å². The van der Waals surface area contributed by atoms with Crippen LogP contribution < -0.4 is 5.32 Å². The van der Waals surface area contributed by atoms with Crippen LogP contribution in [0.5, 0.6) is 0 Å². The van der Waals surface area contributed by atoms with Crippen LogP contribution in [0.1, 0.15) is 45.4 Å². The second-order valence-electron chi connectivity index (χ2n) is 6.11. The Labute approximate surface area is 126 Å². The SMILES string of the molecule is CCCNC[C@H]1O[C@H](OC2CCCCC2)[C@H](O)[C@@H](O)[C@H]1O. The van der Waals surface area contributed by atoms with E-state index in [1.807, 2.05) is 0 Å². The van der Waals surface area contributed by atoms with Gasteiger partial charge in [0.15, 0.2) is 6.29 Å². The van der Waals surface area contributed by atoms with Gasteiger partial charge in [-0.3, -0.25) is 0 Å². The molecule has 0 spiro atoms. The number of hydrogen-bond acceptors (Lipinski definition) is 6. The van der Waals surface area contributed by atoms with Crippen LogP contribution in [0.3, 0.4) is 0 Å². The molecule has 1 aliphatic heterocycles. The molecule has 5 atom stereocenters. The van der Waals surface area contributed by atoms with Gasteiger partial charge in [-0.2, -0.15) is 0 Å². The predicted octanol–water partition coefficient (Wildman–Crippen LogP) is 0.143. The van der Waals surface area contributed by atoms with Crippen LogP contribution in [0.15, 0.2) is 0 Å². The van der Waals surface area contributed by atoms with Gasteiger partial charge in [0.2, 0.25) is 0 Å². The molecule has 0 bridgehead atoms. The summed E-state index contributed by atoms with van der Waals surface area (Å²) in [4.78, 5) is 0. The zero-order valence-corrected chi connectivity index (χ0v) is 12.8. The highest BCUT2D eigenvalue weighted by atomic mass is 16.7. The van der Waals surface area contributed by atoms with Crippen LogP contribution in [0.4, 0.5) is 0 Å². The van der Waals surface area contributed by atoms with Gasteiger partial charge in [-0.05, 0) is 25.8 Å². The number of ether oxygens (including phenoxy) is 2. The third-order valence-electron chi connectivity index (χ3n) is 4.32. The molecular formula is C15H29NO5. The lowest BCUT2D eigenvalue weighted by Crippen LogP contribution is -2.60. The van der Waals surface area contributed by atoms with Gasteiger partial charge in [0.25, 0.3) is 0 Å². The summed E-state index contributed by atoms with van der Waals surface area (Å²) < 4.78 is 11.5. The summed E-state index contributed by atoms with van der Waals surface area (Å²) in [7, 11) is 0. The minimum atomic E-state index is -1.24. The van der Waals surface area contributed by atoms with Crippen molar-refractivity contribution >= 4 is 0 Å². The van der Waals surface area contributed by atoms with E-state index in [0.717, 1.165) is 38.6 Å². The Morgan fingerprint density at radius 1 is 1.05 bits per heavy atom. The minimum absolute atomic E-state index is 0.0742. The molecule has 0 amide bonds. The van der Waals surface area contributed by atoms with E-state index in [9.17, 15) is 15.3 Å². The quantitative estimate of drug-likeness (QED) is 0.522. The van der Waals surface area contributed by atoms with Crippen LogP contribution >= 0.6 is 0 Å². The summed E-state index contributed by atoms with van der Waals surface area (Å²) in [5.41, 5.74) is 0. The maximum absolute atomic E-state index is 10.0. The van der Waals surface area contributed by atoms with Gasteiger partial charge in [0, 0.05) is 6.54 Å². The average Bonchev–Trinajstić information content (AvgIpc) is 2.51. The van der Waals surface area contributed by atoms with Gasteiger partial charge in [0.05, 0.1) is 6.10 Å². The Hall–Kier alpha value is -0.240. The van der Waals surface area contributed by atoms with Crippen molar-refractivity contribution in [2.24, 2.45) is 0 Å². The van der Waals surface area contributed by atoms with Crippen molar-refractivity contribution < 1.29 is 24.8 Å². The van der Waals surface area contributed by atoms with Crippen molar-refractivity contribution in [3.8, 4) is 0 Å². The molecule has 0 aromatic carbocycles. The summed E-state index contributed by atoms with van der Waals surface area (Å²) in [6.07, 6.45) is 1.48. The fraction of sp³-hybridized carbons (Fsp3) is 1.00. The molecule has 0 aromatic rings. The van der Waals surface area contributed by atoms with E-state index in [4.69, 9.17) is 9.47 Å². The molecule has 2 aliphatic rings. The van der Waals surface area contributed by atoms with E-state index >= 15 is 0 Å². The zero-order valence-electron chi connectivity index (χ0n) is 12.8. The summed E-state index contributed by atoms with van der Waals surface area (Å²) in [6.45, 7) is 3.31. The molecule has 0 aromatic heterocycles. The van der Waals surface area contributed by atoms with E-state index in [1.165, 1.54) is 6.42 Å². The van der Waals surface area contributed by atoms with E-state index in [1.54, 1.807) is 0 Å². The molecular weight excluding hydrogens is 274 g/mol. The molecule has 124 valence electrons. The highest BCUT2D eigenvalue weighted by Gasteiger charge is 2.44. The van der Waals surface area contributed by atoms with Crippen LogP contribution in [0, 0.1) is 0 Å². The maximum atomic E-state index is 10.0. The Kier molecular flexibility index (Phi) is 6.85. The highest BCUT2D eigenvalue weighted by molar-refractivity contribution is 4.90. The minimum Gasteiger partial charge on any atom is -0.388 e. The second-order valence-corrected chi connectivity index (χ2v) is 6.11. The smallest absolute Gasteiger partial charge is 0.186 e. The second kappa shape index (κ2) is 8.41. The molecule has 0 radical (unpaired) electrons. The Balaban J connectivity index is 1.89. The van der Waals surface area contributed by atoms with E-state index < -0.39 is 30.7 Å². The standard InChI is InChI=1S/C15H29NO5/c1-2-8-16-9-11-12(17)13(18)14(19)15(21-11)20-10-6-4-3-5-7-10/h10-19H,2-9H2,1H3/t11-,12+,13+,14-,15+/m1/s1. The van der Waals surface area contributed by atoms with Crippen LogP contribution in [-0.4, -0.2) is 65.2 Å². The van der Waals surface area contributed by atoms with Crippen LogP contribution in [0.2, 0.25) is 0 Å². The predicted molar refractivity (Wildman–Crippen MR) is 77.8 cm³/mol. The summed E-state index contributed by atoms with van der Waals surface area (Å²) >= 11 is 0. The molecule has 1 aliphatic carbocycles. The normalized spacial score (nSPS) is 38.6. The molecule has 1 saturated heterocycles. The Morgan fingerprint density at radius 3 is 2.43 bits per heavy atom. The van der Waals surface area contributed by atoms with Gasteiger partial charge in [-0.25, -0.2) is 0 Å². The first-order valence-electron chi connectivity index (χ1n) is 8.19. The fourth-order valence-electron chi connectivity index (χ4n) is 3.01. The lowest BCUT2D eigenvalue weighted by Gasteiger charge is -2.42. The lowest BCUT2D eigenvalue weighted by molar-refractivity contribution is -0.307. The monoisotopic (exact) mass is 303 g/mol. The zero-order chi connectivity index (χ0) is 15.2. The number of nitrogens with one attached hydrogen (secondary N) is 1. The molecule has 1 heterocycles. The van der Waals surface area contributed by atoms with Crippen LogP contribution in [-0.2, 0) is 9.47 Å². The van der Waals surface area contributed by atoms with E-state index in [0.29, 0.717) is 6.54 Å². The number of aliphatic hydroxyl groups excluding tert-OH is 3. The van der Waals surface area contributed by atoms with E-state index in [-0.39, 0.29) is 6.10 Å². The van der Waals surface area contributed by atoms with E-state index in [2.05, 4.69) is 12.2 Å². The van der Waals surface area contributed by atoms with Gasteiger partial charge in [0.1, 0.15) is 24.4 Å². The molecule has 2 fully saturated rings. The van der Waals surface area contributed by atoms with Crippen molar-refractivity contribution in [1.29, 1.82) is 0 Å². The van der Waals surface area contributed by atoms with Gasteiger partial charge in [-0.15, -0.1) is 0 Å². The summed E-state index contributed by atoms with van der Waals surface area (Å²) in [6, 6.07) is 0. The molecule has 2 rings (SSSR count). The highest BCUT2D eigenvalue weighted by Crippen LogP contribution is 2.27. The van der Waals surface area contributed by atoms with Crippen molar-refractivity contribution in [2.75, 3.05) is 13.1 Å². The van der Waals surface area contributed by atoms with Crippen molar-refractivity contribution in [3.63, 3.8) is 0 Å². The molecule has 1 saturated carbocycles. The number of rotatable bonds is 6. The molecule has 6 heteroatoms. The van der Waals surface area contributed by atoms with Gasteiger partial charge >= 0.3 is 0 Å². The van der Waals surface area contributed by atoms with Gasteiger partial charge < -0.3 is 30.1 Å². The molecule has 0 unspecified atom stereocenters. The lowest BCUT2D eigenvalue weighted by atomic mass is 9.96. The number of aliphatic hydroxyl groups is 3. The first-order valence-corrected chi connectivity index (χ1v) is 8.19. The molecule has 6 nitrogen and oxygen atoms in total. The Morgan fingerprint density at radius 2 is 1.76 bits per heavy atom. The average molecular weight is 303 g/mol. The van der Waals surface area contributed by atoms with Gasteiger partial charge in [-0.1, -0.05) is 26.2 Å². The Bertz CT molecular complexity index is 298. The molecule has 4 N–H and O–H groups in total. The summed E-state index contributed by atoms with van der Waals surface area (Å²) in [5.74, 6) is 0. The fourth-order valence-corrected chi connectivity index (χ4v) is 3.01. The first kappa shape index (κ1) is 17.1. The van der Waals surface area contributed by atoms with Crippen LogP contribution in [0.25, 0.3) is 0 Å². The van der Waals surface area contributed by atoms with Crippen molar-refractivity contribution in [3.05, 3.63) is 0 Å².